The van der Waals surface area contributed by atoms with Crippen molar-refractivity contribution >= 4 is 46.4 Å². The number of benzene rings is 4. The molecule has 13 aromatic rings. The van der Waals surface area contributed by atoms with Crippen LogP contribution in [0.2, 0.25) is 0 Å². The maximum atomic E-state index is 6.25. The van der Waals surface area contributed by atoms with E-state index >= 15 is 0 Å². The monoisotopic (exact) mass is 1400 g/mol. The Labute approximate surface area is 614 Å². The van der Waals surface area contributed by atoms with Crippen molar-refractivity contribution in [3.63, 3.8) is 0 Å². The van der Waals surface area contributed by atoms with Gasteiger partial charge in [0.1, 0.15) is 24.7 Å². The standard InChI is InChI=1S/C88H76N10O8/c1-99-45-47-101-49-51-103-53-55-105-65-31-27-59(28-32-65)85-77-35-39-81(95-77)87(63-15-7-13-61(57-63)67-19-9-23-73(91-67)75-25-11-21-71(93-75)69-17-3-5-43-89-69)83-41-37-79(97-83)86(60-29-33-66(34-30-60)106-56-54-104-52-50-102-48-46-100-2)80-38-42-84(98-80)88(82-40-36-78(85)96-82)64-16-8-14-62(58-64)68-20-10-24-74(92-68)76-26-12-22-72(94-76)70-18-4-6-44-90-70/h3-44,57-58,95,98H,45-56H2,1-2H3. The fourth-order valence-electron chi connectivity index (χ4n) is 12.8. The third-order valence-electron chi connectivity index (χ3n) is 17.9. The first kappa shape index (κ1) is 69.5. The Kier molecular flexibility index (Phi) is 22.2. The lowest BCUT2D eigenvalue weighted by atomic mass is 9.99. The van der Waals surface area contributed by atoms with Crippen molar-refractivity contribution in [2.24, 2.45) is 0 Å². The van der Waals surface area contributed by atoms with Crippen molar-refractivity contribution in [3.05, 3.63) is 266 Å². The highest BCUT2D eigenvalue weighted by atomic mass is 16.6. The molecule has 2 aliphatic rings. The van der Waals surface area contributed by atoms with Crippen LogP contribution in [0.4, 0.5) is 0 Å². The Hall–Kier alpha value is -12.3. The molecule has 15 rings (SSSR count). The van der Waals surface area contributed by atoms with Crippen LogP contribution in [0.25, 0.3) is 159 Å². The molecule has 2 N–H and O–H groups in total. The van der Waals surface area contributed by atoms with Crippen LogP contribution in [0.3, 0.4) is 0 Å². The molecule has 0 radical (unpaired) electrons. The second-order valence-corrected chi connectivity index (χ2v) is 24.9. The Morgan fingerprint density at radius 1 is 0.245 bits per heavy atom. The van der Waals surface area contributed by atoms with Crippen molar-refractivity contribution in [1.29, 1.82) is 0 Å². The van der Waals surface area contributed by atoms with Gasteiger partial charge in [-0.3, -0.25) is 9.97 Å². The molecule has 18 heteroatoms. The summed E-state index contributed by atoms with van der Waals surface area (Å²) in [6, 6.07) is 77.4. The van der Waals surface area contributed by atoms with Crippen molar-refractivity contribution in [2.75, 3.05) is 93.5 Å². The minimum atomic E-state index is 0.364. The first-order chi connectivity index (χ1) is 52.5. The molecule has 0 atom stereocenters. The molecule has 0 unspecified atom stereocenters. The fourth-order valence-corrected chi connectivity index (χ4v) is 12.8. The summed E-state index contributed by atoms with van der Waals surface area (Å²) in [5, 5.41) is 0. The topological polar surface area (TPSA) is 209 Å². The zero-order valence-corrected chi connectivity index (χ0v) is 58.7. The number of nitrogens with one attached hydrogen (secondary N) is 2. The number of aromatic nitrogens is 10. The highest BCUT2D eigenvalue weighted by molar-refractivity contribution is 6.00. The molecule has 106 heavy (non-hydrogen) atoms. The molecule has 2 aliphatic heterocycles. The molecule has 8 bridgehead atoms. The number of hydrogen-bond acceptors (Lipinski definition) is 16. The summed E-state index contributed by atoms with van der Waals surface area (Å²) < 4.78 is 45.5. The minimum Gasteiger partial charge on any atom is -0.491 e. The maximum absolute atomic E-state index is 6.25. The van der Waals surface area contributed by atoms with Gasteiger partial charge in [-0.1, -0.05) is 97.1 Å². The Morgan fingerprint density at radius 2 is 0.538 bits per heavy atom. The molecule has 4 aromatic carbocycles. The van der Waals surface area contributed by atoms with Crippen LogP contribution in [0.1, 0.15) is 22.8 Å². The molecule has 0 spiro atoms. The van der Waals surface area contributed by atoms with E-state index in [1.54, 1.807) is 26.6 Å². The van der Waals surface area contributed by atoms with Gasteiger partial charge in [-0.05, 0) is 180 Å². The summed E-state index contributed by atoms with van der Waals surface area (Å²) in [5.74, 6) is 1.41. The van der Waals surface area contributed by atoms with Gasteiger partial charge in [-0.2, -0.15) is 0 Å². The fraction of sp³-hybridized carbons (Fsp3) is 0.159. The van der Waals surface area contributed by atoms with Gasteiger partial charge in [0.2, 0.25) is 0 Å². The van der Waals surface area contributed by atoms with Gasteiger partial charge in [0, 0.05) is 82.1 Å². The van der Waals surface area contributed by atoms with Crippen LogP contribution in [0.15, 0.2) is 243 Å². The highest BCUT2D eigenvalue weighted by Crippen LogP contribution is 2.41. The van der Waals surface area contributed by atoms with Crippen LogP contribution in [-0.4, -0.2) is 143 Å². The Bertz CT molecular complexity index is 5100. The van der Waals surface area contributed by atoms with Crippen LogP contribution < -0.4 is 9.47 Å². The van der Waals surface area contributed by atoms with E-state index in [0.717, 1.165) is 157 Å². The van der Waals surface area contributed by atoms with Crippen molar-refractivity contribution in [3.8, 4) is 124 Å². The summed E-state index contributed by atoms with van der Waals surface area (Å²) in [5.41, 5.74) is 22.9. The predicted octanol–water partition coefficient (Wildman–Crippen LogP) is 17.8. The first-order valence-corrected chi connectivity index (χ1v) is 35.3. The third-order valence-corrected chi connectivity index (χ3v) is 17.9. The van der Waals surface area contributed by atoms with Crippen LogP contribution >= 0.6 is 0 Å². The van der Waals surface area contributed by atoms with Crippen LogP contribution in [0.5, 0.6) is 11.5 Å². The number of rotatable bonds is 30. The number of nitrogens with zero attached hydrogens (tertiary/aromatic N) is 8. The number of H-pyrrole nitrogens is 2. The molecule has 0 fully saturated rings. The van der Waals surface area contributed by atoms with Crippen molar-refractivity contribution in [1.82, 2.24) is 49.8 Å². The summed E-state index contributed by atoms with van der Waals surface area (Å²) in [4.78, 5) is 48.9. The molecule has 9 aromatic heterocycles. The maximum Gasteiger partial charge on any atom is 0.119 e. The van der Waals surface area contributed by atoms with Crippen molar-refractivity contribution < 1.29 is 37.9 Å². The van der Waals surface area contributed by atoms with Gasteiger partial charge in [-0.25, -0.2) is 29.9 Å². The molecule has 0 amide bonds. The van der Waals surface area contributed by atoms with Gasteiger partial charge >= 0.3 is 0 Å². The number of methoxy groups -OCH3 is 2. The lowest BCUT2D eigenvalue weighted by molar-refractivity contribution is 0.0180. The van der Waals surface area contributed by atoms with Crippen LogP contribution in [-0.2, 0) is 28.4 Å². The van der Waals surface area contributed by atoms with E-state index in [1.807, 2.05) is 133 Å². The quantitative estimate of drug-likeness (QED) is 0.0401. The average molecular weight is 1400 g/mol. The minimum absolute atomic E-state index is 0.364. The normalized spacial score (nSPS) is 11.7. The van der Waals surface area contributed by atoms with E-state index in [0.29, 0.717) is 90.8 Å². The van der Waals surface area contributed by atoms with E-state index in [-0.39, 0.29) is 0 Å². The second kappa shape index (κ2) is 33.9. The highest BCUT2D eigenvalue weighted by Gasteiger charge is 2.22. The molecular formula is C88H76N10O8. The smallest absolute Gasteiger partial charge is 0.119 e. The largest absolute Gasteiger partial charge is 0.491 e. The number of pyridine rings is 6. The number of hydrogen-bond donors (Lipinski definition) is 2. The number of ether oxygens (including phenoxy) is 8. The lowest BCUT2D eigenvalue weighted by Gasteiger charge is -2.10. The SMILES string of the molecule is COCCOCCOCCOc1ccc(-c2c3nc(c(-c4cccc(-c5cccc(-c6cccc(-c7ccccn7)n6)n5)c4)c4ccc([nH]4)c(-c4ccc(OCCOCCOCCOC)cc4)c4nc(c(-c5cccc(-c6cccc(-c7cccc(-c8ccccn8)n7)n6)c5)c5ccc2[nH]5)C=C4)C=C3)cc1. The van der Waals surface area contributed by atoms with Gasteiger partial charge in [0.05, 0.1) is 146 Å². The van der Waals surface area contributed by atoms with E-state index in [1.165, 1.54) is 0 Å². The first-order valence-electron chi connectivity index (χ1n) is 35.3. The summed E-state index contributed by atoms with van der Waals surface area (Å²) in [7, 11) is 3.31. The van der Waals surface area contributed by atoms with Crippen molar-refractivity contribution in [2.45, 2.75) is 0 Å². The zero-order valence-electron chi connectivity index (χ0n) is 58.7. The number of aromatic amines is 2. The molecule has 0 saturated carbocycles. The average Bonchev–Trinajstić information content (AvgIpc) is 1.59. The van der Waals surface area contributed by atoms with Gasteiger partial charge < -0.3 is 47.9 Å². The third kappa shape index (κ3) is 16.5. The molecule has 18 nitrogen and oxygen atoms in total. The van der Waals surface area contributed by atoms with Gasteiger partial charge in [0.25, 0.3) is 0 Å². The van der Waals surface area contributed by atoms with Gasteiger partial charge in [-0.15, -0.1) is 0 Å². The van der Waals surface area contributed by atoms with E-state index in [2.05, 4.69) is 141 Å². The lowest BCUT2D eigenvalue weighted by Crippen LogP contribution is -2.12. The molecule has 0 saturated heterocycles. The summed E-state index contributed by atoms with van der Waals surface area (Å²) >= 11 is 0. The van der Waals surface area contributed by atoms with Gasteiger partial charge in [0.15, 0.2) is 0 Å². The predicted molar refractivity (Wildman–Crippen MR) is 418 cm³/mol. The molecule has 0 aliphatic carbocycles. The summed E-state index contributed by atoms with van der Waals surface area (Å²) in [6.07, 6.45) is 12.0. The van der Waals surface area contributed by atoms with E-state index in [9.17, 15) is 0 Å². The van der Waals surface area contributed by atoms with Crippen LogP contribution in [0, 0.1) is 0 Å². The molecule has 526 valence electrons. The summed E-state index contributed by atoms with van der Waals surface area (Å²) in [6.45, 7) is 5.50. The second-order valence-electron chi connectivity index (χ2n) is 24.9. The molecular weight excluding hydrogens is 1330 g/mol. The molecule has 11 heterocycles. The Balaban J connectivity index is 0.874. The van der Waals surface area contributed by atoms with E-state index < -0.39 is 0 Å². The zero-order chi connectivity index (χ0) is 71.6. The number of fused-ring (bicyclic) bond motifs is 8. The Morgan fingerprint density at radius 3 is 0.887 bits per heavy atom. The van der Waals surface area contributed by atoms with E-state index in [4.69, 9.17) is 67.8 Å².